The van der Waals surface area contributed by atoms with Crippen LogP contribution in [0.5, 0.6) is 0 Å². The molecule has 0 saturated heterocycles. The van der Waals surface area contributed by atoms with Crippen molar-refractivity contribution in [2.75, 3.05) is 12.3 Å². The fourth-order valence-corrected chi connectivity index (χ4v) is 4.76. The molecule has 1 fully saturated rings. The molecule has 0 unspecified atom stereocenters. The second-order valence-electron chi connectivity index (χ2n) is 5.13. The van der Waals surface area contributed by atoms with Crippen LogP contribution in [-0.2, 0) is 20.0 Å². The molecule has 1 aromatic rings. The van der Waals surface area contributed by atoms with E-state index in [9.17, 15) is 16.8 Å². The van der Waals surface area contributed by atoms with Crippen molar-refractivity contribution in [3.05, 3.63) is 30.3 Å². The van der Waals surface area contributed by atoms with E-state index < -0.39 is 20.0 Å². The molecule has 0 aromatic heterocycles. The van der Waals surface area contributed by atoms with Crippen molar-refractivity contribution in [1.29, 1.82) is 0 Å². The smallest absolute Gasteiger partial charge is 0.212 e. The third-order valence-electron chi connectivity index (χ3n) is 3.42. The molecule has 0 radical (unpaired) electrons. The lowest BCUT2D eigenvalue weighted by molar-refractivity contribution is 0.550. The Morgan fingerprint density at radius 1 is 1.00 bits per heavy atom. The zero-order chi connectivity index (χ0) is 15.3. The van der Waals surface area contributed by atoms with Crippen molar-refractivity contribution < 1.29 is 16.8 Å². The monoisotopic (exact) mass is 332 g/mol. The van der Waals surface area contributed by atoms with Gasteiger partial charge in [-0.25, -0.2) is 26.3 Å². The Morgan fingerprint density at radius 2 is 1.62 bits per heavy atom. The van der Waals surface area contributed by atoms with Gasteiger partial charge in [0, 0.05) is 12.6 Å². The van der Waals surface area contributed by atoms with E-state index in [1.165, 1.54) is 12.1 Å². The van der Waals surface area contributed by atoms with Gasteiger partial charge < -0.3 is 0 Å². The average Bonchev–Trinajstić information content (AvgIpc) is 2.91. The van der Waals surface area contributed by atoms with E-state index in [4.69, 9.17) is 0 Å². The second kappa shape index (κ2) is 6.87. The standard InChI is InChI=1S/C13H20N2O4S2/c16-20(17,15-12-6-4-5-7-12)11-10-14-21(18,19)13-8-2-1-3-9-13/h1-3,8-9,12,14-15H,4-7,10-11H2. The fraction of sp³-hybridized carbons (Fsp3) is 0.538. The van der Waals surface area contributed by atoms with Gasteiger partial charge in [-0.3, -0.25) is 0 Å². The zero-order valence-corrected chi connectivity index (χ0v) is 13.3. The number of sulfonamides is 2. The summed E-state index contributed by atoms with van der Waals surface area (Å²) in [6.45, 7) is -0.140. The molecule has 0 heterocycles. The van der Waals surface area contributed by atoms with Crippen LogP contribution in [0.3, 0.4) is 0 Å². The molecule has 1 saturated carbocycles. The summed E-state index contributed by atoms with van der Waals surface area (Å²) in [5.74, 6) is -0.254. The topological polar surface area (TPSA) is 92.3 Å². The molecule has 8 heteroatoms. The van der Waals surface area contributed by atoms with Crippen molar-refractivity contribution in [3.8, 4) is 0 Å². The molecule has 0 atom stereocenters. The van der Waals surface area contributed by atoms with Crippen LogP contribution in [-0.4, -0.2) is 35.2 Å². The van der Waals surface area contributed by atoms with Gasteiger partial charge >= 0.3 is 0 Å². The highest BCUT2D eigenvalue weighted by atomic mass is 32.2. The molecule has 2 rings (SSSR count). The van der Waals surface area contributed by atoms with Gasteiger partial charge in [-0.15, -0.1) is 0 Å². The lowest BCUT2D eigenvalue weighted by Gasteiger charge is -2.12. The average molecular weight is 332 g/mol. The molecular formula is C13H20N2O4S2. The Balaban J connectivity index is 1.86. The summed E-state index contributed by atoms with van der Waals surface area (Å²) in [6, 6.07) is 7.89. The van der Waals surface area contributed by atoms with Crippen molar-refractivity contribution in [1.82, 2.24) is 9.44 Å². The first-order chi connectivity index (χ1) is 9.89. The van der Waals surface area contributed by atoms with Crippen molar-refractivity contribution in [2.45, 2.75) is 36.6 Å². The predicted octanol–water partition coefficient (Wildman–Crippen LogP) is 0.827. The van der Waals surface area contributed by atoms with Gasteiger partial charge in [0.05, 0.1) is 10.6 Å². The van der Waals surface area contributed by atoms with Crippen LogP contribution in [0.4, 0.5) is 0 Å². The predicted molar refractivity (Wildman–Crippen MR) is 80.8 cm³/mol. The molecule has 0 amide bonds. The third-order valence-corrected chi connectivity index (χ3v) is 6.33. The largest absolute Gasteiger partial charge is 0.240 e. The lowest BCUT2D eigenvalue weighted by Crippen LogP contribution is -2.38. The first kappa shape index (κ1) is 16.4. The number of rotatable bonds is 7. The summed E-state index contributed by atoms with van der Waals surface area (Å²) >= 11 is 0. The first-order valence-electron chi connectivity index (χ1n) is 6.94. The molecule has 118 valence electrons. The molecular weight excluding hydrogens is 312 g/mol. The van der Waals surface area contributed by atoms with Gasteiger partial charge in [-0.1, -0.05) is 31.0 Å². The highest BCUT2D eigenvalue weighted by Gasteiger charge is 2.22. The van der Waals surface area contributed by atoms with Crippen LogP contribution in [0, 0.1) is 0 Å². The Kier molecular flexibility index (Phi) is 5.37. The molecule has 6 nitrogen and oxygen atoms in total. The first-order valence-corrected chi connectivity index (χ1v) is 10.1. The highest BCUT2D eigenvalue weighted by Crippen LogP contribution is 2.18. The fourth-order valence-electron chi connectivity index (χ4n) is 2.35. The van der Waals surface area contributed by atoms with Crippen LogP contribution in [0.25, 0.3) is 0 Å². The van der Waals surface area contributed by atoms with Crippen LogP contribution in [0.2, 0.25) is 0 Å². The molecule has 0 spiro atoms. The Morgan fingerprint density at radius 3 is 2.24 bits per heavy atom. The minimum atomic E-state index is -3.65. The van der Waals surface area contributed by atoms with Gasteiger partial charge in [-0.05, 0) is 25.0 Å². The van der Waals surface area contributed by atoms with Crippen LogP contribution < -0.4 is 9.44 Å². The molecule has 1 aromatic carbocycles. The van der Waals surface area contributed by atoms with E-state index in [0.29, 0.717) is 0 Å². The summed E-state index contributed by atoms with van der Waals surface area (Å²) in [4.78, 5) is 0.131. The normalized spacial score (nSPS) is 17.1. The minimum Gasteiger partial charge on any atom is -0.212 e. The number of hydrogen-bond donors (Lipinski definition) is 2. The number of hydrogen-bond acceptors (Lipinski definition) is 4. The van der Waals surface area contributed by atoms with E-state index in [2.05, 4.69) is 9.44 Å². The van der Waals surface area contributed by atoms with E-state index in [0.717, 1.165) is 25.7 Å². The Bertz CT molecular complexity index is 651. The maximum absolute atomic E-state index is 11.9. The highest BCUT2D eigenvalue weighted by molar-refractivity contribution is 7.90. The summed E-state index contributed by atoms with van der Waals surface area (Å²) in [5, 5.41) is 0. The van der Waals surface area contributed by atoms with Gasteiger partial charge in [-0.2, -0.15) is 0 Å². The number of nitrogens with one attached hydrogen (secondary N) is 2. The van der Waals surface area contributed by atoms with Gasteiger partial charge in [0.25, 0.3) is 0 Å². The van der Waals surface area contributed by atoms with E-state index in [-0.39, 0.29) is 23.2 Å². The lowest BCUT2D eigenvalue weighted by atomic mass is 10.3. The molecule has 1 aliphatic rings. The van der Waals surface area contributed by atoms with E-state index in [1.54, 1.807) is 18.2 Å². The molecule has 2 N–H and O–H groups in total. The van der Waals surface area contributed by atoms with E-state index >= 15 is 0 Å². The van der Waals surface area contributed by atoms with Crippen molar-refractivity contribution in [2.24, 2.45) is 0 Å². The maximum atomic E-state index is 11.9. The zero-order valence-electron chi connectivity index (χ0n) is 11.7. The second-order valence-corrected chi connectivity index (χ2v) is 8.77. The molecule has 0 aliphatic heterocycles. The quantitative estimate of drug-likeness (QED) is 0.773. The van der Waals surface area contributed by atoms with Crippen molar-refractivity contribution in [3.63, 3.8) is 0 Å². The van der Waals surface area contributed by atoms with Gasteiger partial charge in [0.2, 0.25) is 20.0 Å². The van der Waals surface area contributed by atoms with Crippen LogP contribution in [0.15, 0.2) is 35.2 Å². The number of benzene rings is 1. The Hall–Kier alpha value is -0.960. The van der Waals surface area contributed by atoms with Crippen molar-refractivity contribution >= 4 is 20.0 Å². The Labute approximate surface area is 126 Å². The van der Waals surface area contributed by atoms with Gasteiger partial charge in [0.15, 0.2) is 0 Å². The van der Waals surface area contributed by atoms with Crippen LogP contribution in [0.1, 0.15) is 25.7 Å². The third kappa shape index (κ3) is 5.06. The maximum Gasteiger partial charge on any atom is 0.240 e. The summed E-state index contributed by atoms with van der Waals surface area (Å²) in [7, 11) is -7.10. The summed E-state index contributed by atoms with van der Waals surface area (Å²) in [5.41, 5.74) is 0. The summed E-state index contributed by atoms with van der Waals surface area (Å²) in [6.07, 6.45) is 3.78. The minimum absolute atomic E-state index is 0.000676. The van der Waals surface area contributed by atoms with Gasteiger partial charge in [0.1, 0.15) is 0 Å². The summed E-state index contributed by atoms with van der Waals surface area (Å²) < 4.78 is 52.5. The molecule has 1 aliphatic carbocycles. The molecule has 0 bridgehead atoms. The SMILES string of the molecule is O=S(=O)(CCNS(=O)(=O)c1ccccc1)NC1CCCC1. The van der Waals surface area contributed by atoms with Crippen LogP contribution >= 0.6 is 0 Å². The van der Waals surface area contributed by atoms with E-state index in [1.807, 2.05) is 0 Å². The molecule has 21 heavy (non-hydrogen) atoms.